The molecule has 0 atom stereocenters. The Morgan fingerprint density at radius 2 is 1.73 bits per heavy atom. The third-order valence-corrected chi connectivity index (χ3v) is 6.05. The minimum atomic E-state index is -3.96. The predicted octanol–water partition coefficient (Wildman–Crippen LogP) is 3.80. The maximum absolute atomic E-state index is 13.1. The summed E-state index contributed by atoms with van der Waals surface area (Å²) in [7, 11) is -2.44. The van der Waals surface area contributed by atoms with Gasteiger partial charge >= 0.3 is 0 Å². The van der Waals surface area contributed by atoms with Gasteiger partial charge in [-0.05, 0) is 43.3 Å². The lowest BCUT2D eigenvalue weighted by atomic mass is 10.1. The van der Waals surface area contributed by atoms with Crippen molar-refractivity contribution in [2.45, 2.75) is 11.8 Å². The Bertz CT molecular complexity index is 1490. The van der Waals surface area contributed by atoms with Crippen LogP contribution in [0, 0.1) is 6.92 Å². The molecule has 1 amide bonds. The summed E-state index contributed by atoms with van der Waals surface area (Å²) < 4.78 is 36.3. The number of anilines is 1. The van der Waals surface area contributed by atoms with Crippen molar-refractivity contribution >= 4 is 32.6 Å². The van der Waals surface area contributed by atoms with E-state index in [1.165, 1.54) is 19.2 Å². The predicted molar refractivity (Wildman–Crippen MR) is 124 cm³/mol. The van der Waals surface area contributed by atoms with Gasteiger partial charge in [-0.2, -0.15) is 13.2 Å². The third-order valence-electron chi connectivity index (χ3n) is 4.83. The van der Waals surface area contributed by atoms with Crippen LogP contribution in [-0.4, -0.2) is 21.4 Å². The molecule has 2 N–H and O–H groups in total. The molecule has 1 aromatic heterocycles. The van der Waals surface area contributed by atoms with Crippen LogP contribution in [0.4, 0.5) is 5.69 Å². The average Bonchev–Trinajstić information content (AvgIpc) is 2.82. The molecule has 4 aromatic rings. The quantitative estimate of drug-likeness (QED) is 0.423. The van der Waals surface area contributed by atoms with Gasteiger partial charge in [-0.1, -0.05) is 42.0 Å². The zero-order valence-electron chi connectivity index (χ0n) is 17.9. The van der Waals surface area contributed by atoms with Crippen LogP contribution in [0.1, 0.15) is 15.9 Å². The van der Waals surface area contributed by atoms with Crippen molar-refractivity contribution in [2.75, 3.05) is 12.4 Å². The van der Waals surface area contributed by atoms with Crippen molar-refractivity contribution in [3.63, 3.8) is 0 Å². The Labute approximate surface area is 190 Å². The van der Waals surface area contributed by atoms with Gasteiger partial charge in [-0.25, -0.2) is 0 Å². The zero-order valence-corrected chi connectivity index (χ0v) is 18.7. The molecule has 0 aliphatic carbocycles. The van der Waals surface area contributed by atoms with Gasteiger partial charge in [0.1, 0.15) is 16.9 Å². The van der Waals surface area contributed by atoms with Crippen molar-refractivity contribution in [1.82, 2.24) is 4.83 Å². The summed E-state index contributed by atoms with van der Waals surface area (Å²) in [6, 6.07) is 21.8. The maximum Gasteiger partial charge on any atom is 0.276 e. The summed E-state index contributed by atoms with van der Waals surface area (Å²) in [5.74, 6) is 0.0535. The summed E-state index contributed by atoms with van der Waals surface area (Å²) in [6.07, 6.45) is 0. The Balaban J connectivity index is 1.74. The number of nitrogens with one attached hydrogen (secondary N) is 2. The van der Waals surface area contributed by atoms with Crippen LogP contribution >= 0.6 is 0 Å². The standard InChI is InChI=1S/C24H21N3O5S/c1-16-10-12-20(13-11-16)33(29,30)27-26-24-21(14-17-6-3-4-9-22(17)32-24)23(28)25-18-7-5-8-19(15-18)31-2/h3-15,27H,1-2H3,(H,25,28)/b26-24+. The van der Waals surface area contributed by atoms with Crippen LogP contribution in [0.3, 0.4) is 0 Å². The second-order valence-electron chi connectivity index (χ2n) is 7.21. The number of nitrogens with zero attached hydrogens (tertiary/aromatic N) is 1. The topological polar surface area (TPSA) is 110 Å². The molecule has 8 nitrogen and oxygen atoms in total. The first-order valence-corrected chi connectivity index (χ1v) is 11.4. The molecular weight excluding hydrogens is 442 g/mol. The highest BCUT2D eigenvalue weighted by molar-refractivity contribution is 7.89. The molecule has 0 saturated carbocycles. The summed E-state index contributed by atoms with van der Waals surface area (Å²) in [6.45, 7) is 1.86. The number of hydrogen-bond donors (Lipinski definition) is 2. The lowest BCUT2D eigenvalue weighted by Crippen LogP contribution is -2.27. The number of benzene rings is 3. The number of rotatable bonds is 6. The molecule has 3 aromatic carbocycles. The number of hydrogen-bond acceptors (Lipinski definition) is 6. The van der Waals surface area contributed by atoms with Gasteiger partial charge in [0, 0.05) is 17.1 Å². The molecular formula is C24H21N3O5S. The summed E-state index contributed by atoms with van der Waals surface area (Å²) in [5.41, 5.74) is 1.75. The molecule has 4 rings (SSSR count). The summed E-state index contributed by atoms with van der Waals surface area (Å²) >= 11 is 0. The number of methoxy groups -OCH3 is 1. The monoisotopic (exact) mass is 463 g/mol. The van der Waals surface area contributed by atoms with E-state index in [4.69, 9.17) is 9.15 Å². The van der Waals surface area contributed by atoms with Crippen LogP contribution in [0.15, 0.2) is 93.3 Å². The van der Waals surface area contributed by atoms with Gasteiger partial charge in [0.2, 0.25) is 5.55 Å². The largest absolute Gasteiger partial charge is 0.497 e. The molecule has 9 heteroatoms. The molecule has 0 saturated heterocycles. The van der Waals surface area contributed by atoms with Crippen molar-refractivity contribution in [1.29, 1.82) is 0 Å². The van der Waals surface area contributed by atoms with Crippen LogP contribution in [-0.2, 0) is 10.0 Å². The Kier molecular flexibility index (Phi) is 6.14. The minimum Gasteiger partial charge on any atom is -0.497 e. The van der Waals surface area contributed by atoms with Gasteiger partial charge in [0.25, 0.3) is 15.9 Å². The molecule has 33 heavy (non-hydrogen) atoms. The molecule has 0 fully saturated rings. The minimum absolute atomic E-state index is 0.0417. The second kappa shape index (κ2) is 9.17. The number of ether oxygens (including phenoxy) is 1. The van der Waals surface area contributed by atoms with Crippen molar-refractivity contribution < 1.29 is 22.4 Å². The molecule has 168 valence electrons. The van der Waals surface area contributed by atoms with E-state index in [1.54, 1.807) is 66.7 Å². The van der Waals surface area contributed by atoms with Crippen molar-refractivity contribution in [3.8, 4) is 5.75 Å². The number of amides is 1. The molecule has 0 aliphatic rings. The number of fused-ring (bicyclic) bond motifs is 1. The zero-order chi connectivity index (χ0) is 23.4. The number of aryl methyl sites for hydroxylation is 1. The fraction of sp³-hybridized carbons (Fsp3) is 0.0833. The normalized spacial score (nSPS) is 11.9. The molecule has 0 spiro atoms. The lowest BCUT2D eigenvalue weighted by molar-refractivity contribution is 0.102. The van der Waals surface area contributed by atoms with Crippen molar-refractivity contribution in [2.24, 2.45) is 5.10 Å². The Hall–Kier alpha value is -4.11. The van der Waals surface area contributed by atoms with Crippen LogP contribution < -0.4 is 20.4 Å². The summed E-state index contributed by atoms with van der Waals surface area (Å²) in [5, 5.41) is 7.35. The fourth-order valence-corrected chi connectivity index (χ4v) is 3.89. The number of para-hydroxylation sites is 1. The van der Waals surface area contributed by atoms with Crippen LogP contribution in [0.2, 0.25) is 0 Å². The maximum atomic E-state index is 13.1. The summed E-state index contributed by atoms with van der Waals surface area (Å²) in [4.78, 5) is 15.3. The van der Waals surface area contributed by atoms with Crippen LogP contribution in [0.5, 0.6) is 5.75 Å². The lowest BCUT2D eigenvalue weighted by Gasteiger charge is -2.09. The fourth-order valence-electron chi connectivity index (χ4n) is 3.09. The van der Waals surface area contributed by atoms with Gasteiger partial charge in [0.15, 0.2) is 0 Å². The van der Waals surface area contributed by atoms with E-state index in [2.05, 4.69) is 15.2 Å². The van der Waals surface area contributed by atoms with E-state index >= 15 is 0 Å². The van der Waals surface area contributed by atoms with E-state index in [9.17, 15) is 13.2 Å². The SMILES string of the molecule is COc1cccc(NC(=O)c2cc3ccccc3o/c2=N/NS(=O)(=O)c2ccc(C)cc2)c1. The molecule has 0 unspecified atom stereocenters. The molecule has 1 heterocycles. The highest BCUT2D eigenvalue weighted by Gasteiger charge is 2.16. The van der Waals surface area contributed by atoms with Gasteiger partial charge in [-0.15, -0.1) is 5.10 Å². The molecule has 0 aliphatic heterocycles. The third kappa shape index (κ3) is 5.04. The van der Waals surface area contributed by atoms with E-state index in [0.717, 1.165) is 5.56 Å². The van der Waals surface area contributed by atoms with E-state index in [-0.39, 0.29) is 16.0 Å². The Morgan fingerprint density at radius 3 is 2.48 bits per heavy atom. The van der Waals surface area contributed by atoms with E-state index in [1.807, 2.05) is 6.92 Å². The highest BCUT2D eigenvalue weighted by Crippen LogP contribution is 2.18. The first kappa shape index (κ1) is 22.1. The molecule has 0 bridgehead atoms. The van der Waals surface area contributed by atoms with Crippen molar-refractivity contribution in [3.05, 3.63) is 95.5 Å². The second-order valence-corrected chi connectivity index (χ2v) is 8.87. The van der Waals surface area contributed by atoms with Gasteiger partial charge in [-0.3, -0.25) is 4.79 Å². The average molecular weight is 464 g/mol. The highest BCUT2D eigenvalue weighted by atomic mass is 32.2. The van der Waals surface area contributed by atoms with E-state index in [0.29, 0.717) is 22.4 Å². The number of carbonyl (C=O) groups excluding carboxylic acids is 1. The number of carbonyl (C=O) groups is 1. The number of sulfonamides is 1. The van der Waals surface area contributed by atoms with Gasteiger partial charge in [0.05, 0.1) is 12.0 Å². The van der Waals surface area contributed by atoms with Gasteiger partial charge < -0.3 is 14.5 Å². The van der Waals surface area contributed by atoms with Crippen LogP contribution in [0.25, 0.3) is 11.0 Å². The molecule has 0 radical (unpaired) electrons. The van der Waals surface area contributed by atoms with E-state index < -0.39 is 15.9 Å². The Morgan fingerprint density at radius 1 is 0.970 bits per heavy atom. The first-order valence-electron chi connectivity index (χ1n) is 9.96. The smallest absolute Gasteiger partial charge is 0.276 e. The first-order chi connectivity index (χ1) is 15.9.